The van der Waals surface area contributed by atoms with Crippen molar-refractivity contribution in [2.24, 2.45) is 0 Å². The summed E-state index contributed by atoms with van der Waals surface area (Å²) in [6.45, 7) is 1.87. The maximum atomic E-state index is 13.3. The van der Waals surface area contributed by atoms with Crippen LogP contribution < -0.4 is 5.32 Å². The van der Waals surface area contributed by atoms with Crippen molar-refractivity contribution in [3.8, 4) is 0 Å². The predicted molar refractivity (Wildman–Crippen MR) is 115 cm³/mol. The molecule has 1 aliphatic heterocycles. The van der Waals surface area contributed by atoms with Gasteiger partial charge in [0.2, 0.25) is 0 Å². The summed E-state index contributed by atoms with van der Waals surface area (Å²) in [5, 5.41) is 3.35. The van der Waals surface area contributed by atoms with Gasteiger partial charge in [-0.2, -0.15) is 0 Å². The number of rotatable bonds is 3. The predicted octanol–water partition coefficient (Wildman–Crippen LogP) is 4.98. The molecule has 2 aliphatic rings. The van der Waals surface area contributed by atoms with Gasteiger partial charge in [-0.15, -0.1) is 0 Å². The molecule has 4 nitrogen and oxygen atoms in total. The molecule has 0 saturated carbocycles. The van der Waals surface area contributed by atoms with Gasteiger partial charge in [-0.1, -0.05) is 58.4 Å². The minimum atomic E-state index is -0.420. The molecule has 0 radical (unpaired) electrons. The van der Waals surface area contributed by atoms with Gasteiger partial charge in [-0.3, -0.25) is 4.79 Å². The van der Waals surface area contributed by atoms with E-state index in [1.165, 1.54) is 7.11 Å². The van der Waals surface area contributed by atoms with Crippen LogP contribution in [0.15, 0.2) is 81.6 Å². The fourth-order valence-electron chi connectivity index (χ4n) is 4.37. The van der Waals surface area contributed by atoms with Crippen molar-refractivity contribution in [2.75, 3.05) is 7.11 Å². The molecule has 0 spiro atoms. The Morgan fingerprint density at radius 1 is 1.03 bits per heavy atom. The number of halogens is 1. The number of nitrogens with one attached hydrogen (secondary N) is 1. The normalized spacial score (nSPS) is 21.6. The van der Waals surface area contributed by atoms with Crippen molar-refractivity contribution in [3.63, 3.8) is 0 Å². The topological polar surface area (TPSA) is 55.4 Å². The average molecular weight is 452 g/mol. The second-order valence-electron chi connectivity index (χ2n) is 7.47. The van der Waals surface area contributed by atoms with Crippen molar-refractivity contribution < 1.29 is 14.3 Å². The molecule has 2 aromatic rings. The molecule has 2 atom stereocenters. The van der Waals surface area contributed by atoms with E-state index in [2.05, 4.69) is 33.4 Å². The molecular formula is C24H22BrNO3. The lowest BCUT2D eigenvalue weighted by atomic mass is 9.72. The van der Waals surface area contributed by atoms with Gasteiger partial charge in [-0.25, -0.2) is 4.79 Å². The minimum Gasteiger partial charge on any atom is -0.466 e. The first kappa shape index (κ1) is 19.6. The van der Waals surface area contributed by atoms with Gasteiger partial charge in [0.15, 0.2) is 5.78 Å². The summed E-state index contributed by atoms with van der Waals surface area (Å²) in [4.78, 5) is 26.0. The lowest BCUT2D eigenvalue weighted by molar-refractivity contribution is -0.136. The van der Waals surface area contributed by atoms with E-state index in [1.54, 1.807) is 0 Å². The van der Waals surface area contributed by atoms with Gasteiger partial charge in [0, 0.05) is 33.8 Å². The Kier molecular flexibility index (Phi) is 5.41. The monoisotopic (exact) mass is 451 g/mol. The number of ether oxygens (including phenoxy) is 1. The number of methoxy groups -OCH3 is 1. The molecule has 0 aromatic heterocycles. The van der Waals surface area contributed by atoms with Crippen LogP contribution in [0.25, 0.3) is 0 Å². The summed E-state index contributed by atoms with van der Waals surface area (Å²) < 4.78 is 6.01. The number of Topliss-reactive ketones (excluding diaryl/α,β-unsaturated/α-hetero) is 1. The van der Waals surface area contributed by atoms with Crippen LogP contribution >= 0.6 is 15.9 Å². The number of esters is 1. The van der Waals surface area contributed by atoms with Crippen molar-refractivity contribution in [1.29, 1.82) is 0 Å². The summed E-state index contributed by atoms with van der Waals surface area (Å²) in [6, 6.07) is 17.9. The number of carbonyl (C=O) groups is 2. The molecule has 5 heteroatoms. The molecule has 1 aliphatic carbocycles. The molecule has 1 heterocycles. The van der Waals surface area contributed by atoms with Crippen LogP contribution in [0.2, 0.25) is 0 Å². The van der Waals surface area contributed by atoms with Gasteiger partial charge in [0.25, 0.3) is 0 Å². The molecule has 0 amide bonds. The number of hydrogen-bond acceptors (Lipinski definition) is 4. The fourth-order valence-corrected chi connectivity index (χ4v) is 4.63. The van der Waals surface area contributed by atoms with Crippen molar-refractivity contribution in [3.05, 3.63) is 92.7 Å². The number of carbonyl (C=O) groups excluding carboxylic acids is 2. The van der Waals surface area contributed by atoms with Gasteiger partial charge in [-0.05, 0) is 42.5 Å². The van der Waals surface area contributed by atoms with Crippen LogP contribution in [0.1, 0.15) is 42.7 Å². The largest absolute Gasteiger partial charge is 0.466 e. The van der Waals surface area contributed by atoms with E-state index in [0.717, 1.165) is 33.4 Å². The summed E-state index contributed by atoms with van der Waals surface area (Å²) in [7, 11) is 1.37. The molecule has 2 aromatic carbocycles. The Bertz CT molecular complexity index is 1020. The Morgan fingerprint density at radius 2 is 1.72 bits per heavy atom. The van der Waals surface area contributed by atoms with E-state index in [-0.39, 0.29) is 11.7 Å². The third-order valence-electron chi connectivity index (χ3n) is 5.71. The van der Waals surface area contributed by atoms with E-state index < -0.39 is 11.9 Å². The smallest absolute Gasteiger partial charge is 0.336 e. The standard InChI is InChI=1S/C24H22BrNO3/c1-14-21(24(28)29-2)22(16-8-10-18(25)11-9-16)23-19(26-14)12-17(13-20(23)27)15-6-4-3-5-7-15/h3-11,17,22,26H,12-13H2,1-2H3/t17-,22+/m1/s1. The van der Waals surface area contributed by atoms with E-state index in [9.17, 15) is 9.59 Å². The first-order valence-electron chi connectivity index (χ1n) is 9.62. The molecule has 148 valence electrons. The molecule has 0 fully saturated rings. The first-order chi connectivity index (χ1) is 14.0. The Balaban J connectivity index is 1.81. The Morgan fingerprint density at radius 3 is 2.38 bits per heavy atom. The summed E-state index contributed by atoms with van der Waals surface area (Å²) >= 11 is 3.46. The summed E-state index contributed by atoms with van der Waals surface area (Å²) in [6.07, 6.45) is 1.18. The third kappa shape index (κ3) is 3.67. The molecule has 0 unspecified atom stereocenters. The zero-order chi connectivity index (χ0) is 20.5. The van der Waals surface area contributed by atoms with Crippen LogP contribution in [0, 0.1) is 0 Å². The van der Waals surface area contributed by atoms with E-state index in [0.29, 0.717) is 17.6 Å². The van der Waals surface area contributed by atoms with E-state index in [1.807, 2.05) is 49.4 Å². The second kappa shape index (κ2) is 7.99. The lowest BCUT2D eigenvalue weighted by Crippen LogP contribution is -2.36. The maximum absolute atomic E-state index is 13.3. The zero-order valence-corrected chi connectivity index (χ0v) is 18.0. The Labute approximate surface area is 178 Å². The number of allylic oxidation sites excluding steroid dienone is 3. The van der Waals surface area contributed by atoms with E-state index >= 15 is 0 Å². The van der Waals surface area contributed by atoms with Gasteiger partial charge in [0.1, 0.15) is 0 Å². The van der Waals surface area contributed by atoms with Gasteiger partial charge in [0.05, 0.1) is 12.7 Å². The highest BCUT2D eigenvalue weighted by molar-refractivity contribution is 9.10. The molecule has 0 saturated heterocycles. The summed E-state index contributed by atoms with van der Waals surface area (Å²) in [5.74, 6) is -0.620. The third-order valence-corrected chi connectivity index (χ3v) is 6.24. The van der Waals surface area contributed by atoms with Crippen LogP contribution in [-0.4, -0.2) is 18.9 Å². The number of hydrogen-bond donors (Lipinski definition) is 1. The van der Waals surface area contributed by atoms with Crippen molar-refractivity contribution >= 4 is 27.7 Å². The van der Waals surface area contributed by atoms with Gasteiger partial charge < -0.3 is 10.1 Å². The molecule has 4 rings (SSSR count). The van der Waals surface area contributed by atoms with Crippen LogP contribution in [0.3, 0.4) is 0 Å². The highest BCUT2D eigenvalue weighted by Crippen LogP contribution is 2.45. The maximum Gasteiger partial charge on any atom is 0.336 e. The highest BCUT2D eigenvalue weighted by atomic mass is 79.9. The molecule has 1 N–H and O–H groups in total. The van der Waals surface area contributed by atoms with E-state index in [4.69, 9.17) is 4.74 Å². The number of dihydropyridines is 1. The first-order valence-corrected chi connectivity index (χ1v) is 10.4. The summed E-state index contributed by atoms with van der Waals surface area (Å²) in [5.41, 5.74) is 4.91. The quantitative estimate of drug-likeness (QED) is 0.668. The van der Waals surface area contributed by atoms with Crippen molar-refractivity contribution in [2.45, 2.75) is 31.6 Å². The lowest BCUT2D eigenvalue weighted by Gasteiger charge is -2.36. The number of benzene rings is 2. The molecular weight excluding hydrogens is 430 g/mol. The van der Waals surface area contributed by atoms with Gasteiger partial charge >= 0.3 is 5.97 Å². The average Bonchev–Trinajstić information content (AvgIpc) is 2.73. The Hall–Kier alpha value is -2.66. The zero-order valence-electron chi connectivity index (χ0n) is 16.4. The number of ketones is 1. The van der Waals surface area contributed by atoms with Crippen LogP contribution in [0.4, 0.5) is 0 Å². The molecule has 29 heavy (non-hydrogen) atoms. The molecule has 0 bridgehead atoms. The van der Waals surface area contributed by atoms with Crippen LogP contribution in [0.5, 0.6) is 0 Å². The highest BCUT2D eigenvalue weighted by Gasteiger charge is 2.41. The van der Waals surface area contributed by atoms with Crippen LogP contribution in [-0.2, 0) is 14.3 Å². The SMILES string of the molecule is COC(=O)C1=C(C)NC2=C(C(=O)C[C@H](c3ccccc3)C2)[C@H]1c1ccc(Br)cc1. The van der Waals surface area contributed by atoms with Crippen molar-refractivity contribution in [1.82, 2.24) is 5.32 Å². The second-order valence-corrected chi connectivity index (χ2v) is 8.39. The fraction of sp³-hybridized carbons (Fsp3) is 0.250. The minimum absolute atomic E-state index is 0.0782.